The monoisotopic (exact) mass is 581 g/mol. The number of hydrogen-bond acceptors (Lipinski definition) is 8. The van der Waals surface area contributed by atoms with E-state index in [9.17, 15) is 10.4 Å². The molecule has 2 aromatic carbocycles. The Balaban J connectivity index is 1.15. The summed E-state index contributed by atoms with van der Waals surface area (Å²) in [6.07, 6.45) is 3.33. The van der Waals surface area contributed by atoms with Crippen LogP contribution in [0, 0.1) is 23.2 Å². The number of nitrogens with zero attached hydrogens (tertiary/aromatic N) is 3. The quantitative estimate of drug-likeness (QED) is 0.266. The second-order valence-electron chi connectivity index (χ2n) is 10.7. The molecule has 2 bridgehead atoms. The van der Waals surface area contributed by atoms with Gasteiger partial charge in [-0.2, -0.15) is 5.26 Å². The van der Waals surface area contributed by atoms with Crippen LogP contribution in [-0.4, -0.2) is 34.6 Å². The predicted molar refractivity (Wildman–Crippen MR) is 148 cm³/mol. The number of ether oxygens (including phenoxy) is 2. The number of hydrogen-bond donors (Lipinski definition) is 1. The molecule has 1 aliphatic heterocycles. The molecule has 7 nitrogen and oxygen atoms in total. The zero-order chi connectivity index (χ0) is 26.7. The van der Waals surface area contributed by atoms with Crippen molar-refractivity contribution in [1.82, 2.24) is 10.1 Å². The lowest BCUT2D eigenvalue weighted by Crippen LogP contribution is -2.55. The summed E-state index contributed by atoms with van der Waals surface area (Å²) in [5.74, 6) is 0.877. The Morgan fingerprint density at radius 2 is 1.87 bits per heavy atom. The summed E-state index contributed by atoms with van der Waals surface area (Å²) in [5.41, 5.74) is 2.48. The summed E-state index contributed by atoms with van der Waals surface area (Å²) in [4.78, 5) is 4.79. The fourth-order valence-corrected chi connectivity index (χ4v) is 7.90. The molecule has 0 spiro atoms. The van der Waals surface area contributed by atoms with Crippen molar-refractivity contribution in [3.05, 3.63) is 68.3 Å². The highest BCUT2D eigenvalue weighted by Gasteiger charge is 2.55. The van der Waals surface area contributed by atoms with Gasteiger partial charge in [0, 0.05) is 28.9 Å². The van der Waals surface area contributed by atoms with Crippen LogP contribution in [0.5, 0.6) is 0 Å². The molecule has 2 atom stereocenters. The van der Waals surface area contributed by atoms with Crippen molar-refractivity contribution >= 4 is 44.8 Å². The van der Waals surface area contributed by atoms with Gasteiger partial charge in [0.1, 0.15) is 22.1 Å². The molecule has 200 valence electrons. The van der Waals surface area contributed by atoms with Gasteiger partial charge in [0.15, 0.2) is 0 Å². The van der Waals surface area contributed by atoms with Crippen molar-refractivity contribution in [3.8, 4) is 17.3 Å². The van der Waals surface area contributed by atoms with Crippen LogP contribution in [-0.2, 0) is 21.7 Å². The Bertz CT molecular complexity index is 1570. The van der Waals surface area contributed by atoms with Crippen molar-refractivity contribution in [2.24, 2.45) is 11.8 Å². The van der Waals surface area contributed by atoms with E-state index in [0.29, 0.717) is 70.5 Å². The largest absolute Gasteiger partial charge is 0.382 e. The number of aliphatic hydroxyl groups is 1. The molecule has 1 saturated heterocycles. The first-order chi connectivity index (χ1) is 19.0. The number of aromatic nitrogens is 2. The lowest BCUT2D eigenvalue weighted by molar-refractivity contribution is -0.209. The molecule has 7 rings (SSSR count). The Morgan fingerprint density at radius 1 is 1.13 bits per heavy atom. The average molecular weight is 583 g/mol. The Morgan fingerprint density at radius 3 is 2.56 bits per heavy atom. The summed E-state index contributed by atoms with van der Waals surface area (Å²) in [6.45, 7) is 1.20. The van der Waals surface area contributed by atoms with E-state index in [1.807, 2.05) is 18.2 Å². The van der Waals surface area contributed by atoms with Crippen molar-refractivity contribution in [2.45, 2.75) is 49.9 Å². The molecular weight excluding hydrogens is 557 g/mol. The van der Waals surface area contributed by atoms with Gasteiger partial charge >= 0.3 is 0 Å². The molecule has 10 heteroatoms. The molecule has 39 heavy (non-hydrogen) atoms. The second kappa shape index (κ2) is 9.84. The standard InChI is InChI=1S/C29H25Cl2N3O4S/c30-21-2-1-3-22(31)25(21)26-20(27(38-34-26)16-5-6-16)14-37-19-9-17-12-36-13-18(10-19)29(17,35)28-33-23-7-4-15(11-32)8-24(23)39-28/h1-4,7-8,16-19,35H,5-6,9-10,12-14H2. The van der Waals surface area contributed by atoms with Crippen molar-refractivity contribution in [2.75, 3.05) is 13.2 Å². The number of rotatable bonds is 6. The van der Waals surface area contributed by atoms with Gasteiger partial charge in [-0.05, 0) is 56.0 Å². The van der Waals surface area contributed by atoms with Crippen LogP contribution in [0.4, 0.5) is 0 Å². The third-order valence-electron chi connectivity index (χ3n) is 8.27. The third kappa shape index (κ3) is 4.37. The van der Waals surface area contributed by atoms with Gasteiger partial charge in [0.05, 0.1) is 57.8 Å². The van der Waals surface area contributed by atoms with E-state index in [0.717, 1.165) is 34.4 Å². The minimum atomic E-state index is -1.10. The van der Waals surface area contributed by atoms with E-state index in [1.54, 1.807) is 18.2 Å². The van der Waals surface area contributed by atoms with Crippen molar-refractivity contribution in [3.63, 3.8) is 0 Å². The number of fused-ring (bicyclic) bond motifs is 3. The lowest BCUT2D eigenvalue weighted by Gasteiger charge is -2.50. The number of nitriles is 1. The lowest BCUT2D eigenvalue weighted by atomic mass is 9.66. The van der Waals surface area contributed by atoms with Crippen molar-refractivity contribution < 1.29 is 19.1 Å². The van der Waals surface area contributed by atoms with E-state index in [-0.39, 0.29) is 17.9 Å². The zero-order valence-electron chi connectivity index (χ0n) is 20.9. The SMILES string of the molecule is N#Cc1ccc2nc(C3(O)C4COCC3CC(OCc3c(-c5c(Cl)cccc5Cl)noc3C3CC3)C4)sc2c1. The van der Waals surface area contributed by atoms with E-state index >= 15 is 0 Å². The van der Waals surface area contributed by atoms with Crippen molar-refractivity contribution in [1.29, 1.82) is 5.26 Å². The molecule has 4 aromatic rings. The van der Waals surface area contributed by atoms with E-state index in [2.05, 4.69) is 11.2 Å². The van der Waals surface area contributed by atoms with E-state index < -0.39 is 5.60 Å². The highest BCUT2D eigenvalue weighted by Crippen LogP contribution is 2.51. The summed E-state index contributed by atoms with van der Waals surface area (Å²) in [5, 5.41) is 27.5. The Hall–Kier alpha value is -2.51. The van der Waals surface area contributed by atoms with Gasteiger partial charge in [-0.1, -0.05) is 34.4 Å². The van der Waals surface area contributed by atoms with Crippen LogP contribution in [0.15, 0.2) is 40.9 Å². The summed E-state index contributed by atoms with van der Waals surface area (Å²) >= 11 is 14.5. The minimum Gasteiger partial charge on any atom is -0.382 e. The molecule has 3 fully saturated rings. The number of halogens is 2. The minimum absolute atomic E-state index is 0.0692. The average Bonchev–Trinajstić information content (AvgIpc) is 3.53. The molecular formula is C29H25Cl2N3O4S. The third-order valence-corrected chi connectivity index (χ3v) is 10.1. The topological polar surface area (TPSA) is 101 Å². The molecule has 2 aliphatic carbocycles. The van der Waals surface area contributed by atoms with Crippen LogP contribution in [0.1, 0.15) is 53.5 Å². The summed E-state index contributed by atoms with van der Waals surface area (Å²) in [7, 11) is 0. The maximum atomic E-state index is 12.1. The van der Waals surface area contributed by atoms with Gasteiger partial charge in [0.25, 0.3) is 0 Å². The fourth-order valence-electron chi connectivity index (χ4n) is 6.07. The van der Waals surface area contributed by atoms with E-state index in [4.69, 9.17) is 42.2 Å². The smallest absolute Gasteiger partial charge is 0.145 e. The normalized spacial score (nSPS) is 26.6. The molecule has 3 aliphatic rings. The first-order valence-electron chi connectivity index (χ1n) is 13.1. The van der Waals surface area contributed by atoms with Gasteiger partial charge < -0.3 is 19.1 Å². The molecule has 2 aromatic heterocycles. The van der Waals surface area contributed by atoms with Gasteiger partial charge in [-0.15, -0.1) is 11.3 Å². The Kier molecular flexibility index (Phi) is 6.43. The number of thiazole rings is 1. The molecule has 1 N–H and O–H groups in total. The zero-order valence-corrected chi connectivity index (χ0v) is 23.2. The molecule has 0 radical (unpaired) electrons. The van der Waals surface area contributed by atoms with E-state index in [1.165, 1.54) is 11.3 Å². The van der Waals surface area contributed by atoms with Gasteiger partial charge in [0.2, 0.25) is 0 Å². The molecule has 3 heterocycles. The number of benzene rings is 2. The molecule has 2 saturated carbocycles. The van der Waals surface area contributed by atoms with Crippen LogP contribution in [0.2, 0.25) is 10.0 Å². The van der Waals surface area contributed by atoms with Gasteiger partial charge in [-0.3, -0.25) is 0 Å². The maximum absolute atomic E-state index is 12.1. The molecule has 2 unspecified atom stereocenters. The predicted octanol–water partition coefficient (Wildman–Crippen LogP) is 6.84. The Labute approximate surface area is 239 Å². The highest BCUT2D eigenvalue weighted by molar-refractivity contribution is 7.18. The van der Waals surface area contributed by atoms with Gasteiger partial charge in [-0.25, -0.2) is 4.98 Å². The molecule has 0 amide bonds. The first-order valence-corrected chi connectivity index (χ1v) is 14.7. The highest BCUT2D eigenvalue weighted by atomic mass is 35.5. The van der Waals surface area contributed by atoms with Crippen LogP contribution in [0.3, 0.4) is 0 Å². The summed E-state index contributed by atoms with van der Waals surface area (Å²) < 4.78 is 19.1. The van der Waals surface area contributed by atoms with Crippen LogP contribution < -0.4 is 0 Å². The van der Waals surface area contributed by atoms with Crippen LogP contribution in [0.25, 0.3) is 21.5 Å². The maximum Gasteiger partial charge on any atom is 0.145 e. The first kappa shape index (κ1) is 25.5. The fraction of sp³-hybridized carbons (Fsp3) is 0.414. The summed E-state index contributed by atoms with van der Waals surface area (Å²) in [6, 6.07) is 13.0. The second-order valence-corrected chi connectivity index (χ2v) is 12.6. The van der Waals surface area contributed by atoms with Crippen LogP contribution >= 0.6 is 34.5 Å².